The van der Waals surface area contributed by atoms with E-state index in [-0.39, 0.29) is 29.1 Å². The maximum Gasteiger partial charge on any atom is 0.366 e. The van der Waals surface area contributed by atoms with Crippen molar-refractivity contribution in [1.82, 2.24) is 4.98 Å². The van der Waals surface area contributed by atoms with Gasteiger partial charge >= 0.3 is 11.9 Å². The molecule has 0 amide bonds. The van der Waals surface area contributed by atoms with Gasteiger partial charge in [0.25, 0.3) is 0 Å². The van der Waals surface area contributed by atoms with E-state index >= 15 is 0 Å². The molecular formula is C22H17NO5. The predicted octanol–water partition coefficient (Wildman–Crippen LogP) is 4.51. The second kappa shape index (κ2) is 7.52. The van der Waals surface area contributed by atoms with Crippen LogP contribution in [0.25, 0.3) is 0 Å². The van der Waals surface area contributed by atoms with E-state index < -0.39 is 5.97 Å². The molecule has 2 aromatic carbocycles. The van der Waals surface area contributed by atoms with Gasteiger partial charge in [0.1, 0.15) is 17.2 Å². The monoisotopic (exact) mass is 375 g/mol. The van der Waals surface area contributed by atoms with E-state index in [4.69, 9.17) is 14.2 Å². The van der Waals surface area contributed by atoms with Gasteiger partial charge in [-0.05, 0) is 41.8 Å². The van der Waals surface area contributed by atoms with Crippen LogP contribution in [0, 0.1) is 0 Å². The van der Waals surface area contributed by atoms with Gasteiger partial charge in [-0.2, -0.15) is 0 Å². The molecule has 0 radical (unpaired) electrons. The van der Waals surface area contributed by atoms with E-state index in [0.29, 0.717) is 17.9 Å². The average molecular weight is 375 g/mol. The van der Waals surface area contributed by atoms with Crippen LogP contribution in [0.2, 0.25) is 0 Å². The summed E-state index contributed by atoms with van der Waals surface area (Å²) in [5.41, 5.74) is 0.958. The van der Waals surface area contributed by atoms with Gasteiger partial charge in [-0.3, -0.25) is 4.79 Å². The van der Waals surface area contributed by atoms with Gasteiger partial charge in [-0.1, -0.05) is 31.2 Å². The molecule has 0 spiro atoms. The van der Waals surface area contributed by atoms with Crippen LogP contribution in [0.4, 0.5) is 0 Å². The van der Waals surface area contributed by atoms with Crippen molar-refractivity contribution in [2.45, 2.75) is 19.3 Å². The summed E-state index contributed by atoms with van der Waals surface area (Å²) in [4.78, 5) is 28.4. The van der Waals surface area contributed by atoms with Crippen LogP contribution in [0.3, 0.4) is 0 Å². The summed E-state index contributed by atoms with van der Waals surface area (Å²) in [5, 5.41) is 0. The van der Waals surface area contributed by atoms with E-state index in [1.54, 1.807) is 42.5 Å². The number of carbonyl (C=O) groups excluding carboxylic acids is 2. The third-order valence-electron chi connectivity index (χ3n) is 4.36. The van der Waals surface area contributed by atoms with E-state index in [1.807, 2.05) is 25.1 Å². The van der Waals surface area contributed by atoms with Gasteiger partial charge in [0, 0.05) is 12.3 Å². The number of fused-ring (bicyclic) bond motifs is 1. The zero-order valence-electron chi connectivity index (χ0n) is 15.1. The summed E-state index contributed by atoms with van der Waals surface area (Å²) in [6, 6.07) is 17.4. The highest BCUT2D eigenvalue weighted by Crippen LogP contribution is 2.36. The Bertz CT molecular complexity index is 1030. The first-order valence-corrected chi connectivity index (χ1v) is 8.85. The Labute approximate surface area is 161 Å². The second-order valence-corrected chi connectivity index (χ2v) is 6.43. The maximum absolute atomic E-state index is 12.6. The number of hydrogen-bond donors (Lipinski definition) is 0. The highest BCUT2D eigenvalue weighted by Gasteiger charge is 2.25. The van der Waals surface area contributed by atoms with Crippen LogP contribution in [-0.4, -0.2) is 16.9 Å². The second-order valence-electron chi connectivity index (χ2n) is 6.43. The van der Waals surface area contributed by atoms with Gasteiger partial charge in [0.05, 0.1) is 6.42 Å². The SMILES string of the molecule is CC1CC(=O)Oc2cc(OC(=O)c3ncccc3Oc3ccccc3)ccc21. The minimum absolute atomic E-state index is 0.0504. The number of aromatic nitrogens is 1. The molecule has 1 unspecified atom stereocenters. The van der Waals surface area contributed by atoms with Gasteiger partial charge in [-0.25, -0.2) is 9.78 Å². The Morgan fingerprint density at radius 2 is 1.89 bits per heavy atom. The summed E-state index contributed by atoms with van der Waals surface area (Å²) in [6.45, 7) is 1.95. The third kappa shape index (κ3) is 3.71. The Balaban J connectivity index is 1.56. The molecule has 0 saturated carbocycles. The number of carbonyl (C=O) groups is 2. The van der Waals surface area contributed by atoms with Crippen LogP contribution in [0.1, 0.15) is 35.3 Å². The molecular weight excluding hydrogens is 358 g/mol. The van der Waals surface area contributed by atoms with Crippen LogP contribution >= 0.6 is 0 Å². The van der Waals surface area contributed by atoms with Gasteiger partial charge in [0.2, 0.25) is 0 Å². The van der Waals surface area contributed by atoms with Crippen LogP contribution in [-0.2, 0) is 4.79 Å². The van der Waals surface area contributed by atoms with Crippen molar-refractivity contribution in [3.8, 4) is 23.0 Å². The van der Waals surface area contributed by atoms with Crippen molar-refractivity contribution >= 4 is 11.9 Å². The molecule has 3 aromatic rings. The molecule has 1 aliphatic rings. The molecule has 0 fully saturated rings. The number of hydrogen-bond acceptors (Lipinski definition) is 6. The summed E-state index contributed by atoms with van der Waals surface area (Å²) in [6.07, 6.45) is 1.82. The summed E-state index contributed by atoms with van der Waals surface area (Å²) in [5.74, 6) is 0.643. The molecule has 28 heavy (non-hydrogen) atoms. The van der Waals surface area contributed by atoms with E-state index in [9.17, 15) is 9.59 Å². The first-order chi connectivity index (χ1) is 13.6. The summed E-state index contributed by atoms with van der Waals surface area (Å²) >= 11 is 0. The molecule has 140 valence electrons. The lowest BCUT2D eigenvalue weighted by Crippen LogP contribution is -2.19. The van der Waals surface area contributed by atoms with Crippen LogP contribution in [0.15, 0.2) is 66.9 Å². The molecule has 1 aliphatic heterocycles. The molecule has 1 aromatic heterocycles. The third-order valence-corrected chi connectivity index (χ3v) is 4.36. The van der Waals surface area contributed by atoms with Gasteiger partial charge in [-0.15, -0.1) is 0 Å². The fourth-order valence-electron chi connectivity index (χ4n) is 3.00. The van der Waals surface area contributed by atoms with Crippen molar-refractivity contribution < 1.29 is 23.8 Å². The topological polar surface area (TPSA) is 74.7 Å². The molecule has 0 saturated heterocycles. The highest BCUT2D eigenvalue weighted by atomic mass is 16.5. The minimum Gasteiger partial charge on any atom is -0.455 e. The molecule has 6 heteroatoms. The zero-order valence-corrected chi connectivity index (χ0v) is 15.1. The van der Waals surface area contributed by atoms with E-state index in [2.05, 4.69) is 4.98 Å². The number of rotatable bonds is 4. The summed E-state index contributed by atoms with van der Waals surface area (Å²) < 4.78 is 16.5. The molecule has 0 aliphatic carbocycles. The number of nitrogens with zero attached hydrogens (tertiary/aromatic N) is 1. The van der Waals surface area contributed by atoms with E-state index in [0.717, 1.165) is 5.56 Å². The fourth-order valence-corrected chi connectivity index (χ4v) is 3.00. The van der Waals surface area contributed by atoms with E-state index in [1.165, 1.54) is 6.20 Å². The van der Waals surface area contributed by atoms with Crippen molar-refractivity contribution in [2.75, 3.05) is 0 Å². The van der Waals surface area contributed by atoms with Gasteiger partial charge < -0.3 is 14.2 Å². The molecule has 2 heterocycles. The first kappa shape index (κ1) is 17.7. The van der Waals surface area contributed by atoms with Crippen molar-refractivity contribution in [3.63, 3.8) is 0 Å². The normalized spacial score (nSPS) is 15.3. The lowest BCUT2D eigenvalue weighted by molar-refractivity contribution is -0.135. The van der Waals surface area contributed by atoms with Crippen molar-refractivity contribution in [3.05, 3.63) is 78.1 Å². The number of para-hydroxylation sites is 1. The lowest BCUT2D eigenvalue weighted by atomic mass is 9.95. The molecule has 0 bridgehead atoms. The van der Waals surface area contributed by atoms with Crippen molar-refractivity contribution in [1.29, 1.82) is 0 Å². The standard InChI is InChI=1S/C22H17NO5/c1-14-12-20(24)28-19-13-16(9-10-17(14)19)27-22(25)21-18(8-5-11-23-21)26-15-6-3-2-4-7-15/h2-11,13-14H,12H2,1H3. The largest absolute Gasteiger partial charge is 0.455 e. The van der Waals surface area contributed by atoms with Crippen LogP contribution < -0.4 is 14.2 Å². The Kier molecular flexibility index (Phi) is 4.76. The molecule has 1 atom stereocenters. The molecule has 4 rings (SSSR count). The Morgan fingerprint density at radius 1 is 1.07 bits per heavy atom. The first-order valence-electron chi connectivity index (χ1n) is 8.85. The lowest BCUT2D eigenvalue weighted by Gasteiger charge is -2.21. The fraction of sp³-hybridized carbons (Fsp3) is 0.136. The van der Waals surface area contributed by atoms with Gasteiger partial charge in [0.15, 0.2) is 11.4 Å². The average Bonchev–Trinajstić information content (AvgIpc) is 2.68. The predicted molar refractivity (Wildman–Crippen MR) is 101 cm³/mol. The quantitative estimate of drug-likeness (QED) is 0.493. The zero-order chi connectivity index (χ0) is 19.5. The maximum atomic E-state index is 12.6. The molecule has 0 N–H and O–H groups in total. The van der Waals surface area contributed by atoms with Crippen LogP contribution in [0.5, 0.6) is 23.0 Å². The number of pyridine rings is 1. The highest BCUT2D eigenvalue weighted by molar-refractivity contribution is 5.92. The number of benzene rings is 2. The molecule has 6 nitrogen and oxygen atoms in total. The number of ether oxygens (including phenoxy) is 3. The Morgan fingerprint density at radius 3 is 2.71 bits per heavy atom. The summed E-state index contributed by atoms with van der Waals surface area (Å²) in [7, 11) is 0. The minimum atomic E-state index is -0.665. The smallest absolute Gasteiger partial charge is 0.366 e. The number of esters is 2. The Hall–Kier alpha value is -3.67. The van der Waals surface area contributed by atoms with Crippen molar-refractivity contribution in [2.24, 2.45) is 0 Å².